The summed E-state index contributed by atoms with van der Waals surface area (Å²) in [4.78, 5) is 4.32. The van der Waals surface area contributed by atoms with E-state index in [0.29, 0.717) is 6.61 Å². The summed E-state index contributed by atoms with van der Waals surface area (Å²) in [5.74, 6) is 0.768. The summed E-state index contributed by atoms with van der Waals surface area (Å²) >= 11 is 3.47. The van der Waals surface area contributed by atoms with E-state index in [9.17, 15) is 0 Å². The van der Waals surface area contributed by atoms with Gasteiger partial charge < -0.3 is 4.74 Å². The van der Waals surface area contributed by atoms with Crippen LogP contribution >= 0.6 is 15.9 Å². The topological polar surface area (TPSA) is 21.6 Å². The van der Waals surface area contributed by atoms with Gasteiger partial charge in [0, 0.05) is 10.0 Å². The van der Waals surface area contributed by atoms with Crippen LogP contribution in [0.15, 0.2) is 45.9 Å². The molecular formula is C13H10BrNO. The van der Waals surface area contributed by atoms with Gasteiger partial charge in [0.25, 0.3) is 0 Å². The van der Waals surface area contributed by atoms with Crippen LogP contribution in [0.4, 0.5) is 0 Å². The van der Waals surface area contributed by atoms with E-state index in [2.05, 4.69) is 51.3 Å². The fourth-order valence-electron chi connectivity index (χ4n) is 1.86. The molecule has 0 saturated heterocycles. The summed E-state index contributed by atoms with van der Waals surface area (Å²) in [6.07, 6.45) is 0. The molecule has 16 heavy (non-hydrogen) atoms. The van der Waals surface area contributed by atoms with Crippen LogP contribution in [0, 0.1) is 0 Å². The van der Waals surface area contributed by atoms with Crippen LogP contribution in [0.2, 0.25) is 0 Å². The molecule has 0 N–H and O–H groups in total. The fraction of sp³-hybridized carbons (Fsp3) is 0.154. The number of benzene rings is 2. The Hall–Kier alpha value is -1.35. The zero-order chi connectivity index (χ0) is 11.0. The number of rotatable bonds is 1. The summed E-state index contributed by atoms with van der Waals surface area (Å²) in [6, 6.07) is 12.5. The quantitative estimate of drug-likeness (QED) is 0.782. The maximum Gasteiger partial charge on any atom is 0.216 e. The second kappa shape index (κ2) is 3.91. The zero-order valence-corrected chi connectivity index (χ0v) is 10.2. The van der Waals surface area contributed by atoms with Crippen LogP contribution in [0.3, 0.4) is 0 Å². The van der Waals surface area contributed by atoms with Crippen molar-refractivity contribution in [2.75, 3.05) is 13.2 Å². The second-order valence-corrected chi connectivity index (χ2v) is 4.66. The van der Waals surface area contributed by atoms with Gasteiger partial charge in [-0.1, -0.05) is 28.1 Å². The summed E-state index contributed by atoms with van der Waals surface area (Å²) in [7, 11) is 0. The van der Waals surface area contributed by atoms with E-state index in [0.717, 1.165) is 22.5 Å². The molecule has 1 aliphatic heterocycles. The Kier molecular flexibility index (Phi) is 2.40. The van der Waals surface area contributed by atoms with Crippen molar-refractivity contribution < 1.29 is 4.74 Å². The van der Waals surface area contributed by atoms with Crippen LogP contribution in [0.1, 0.15) is 5.56 Å². The molecule has 80 valence electrons. The first-order valence-corrected chi connectivity index (χ1v) is 5.99. The zero-order valence-electron chi connectivity index (χ0n) is 8.61. The van der Waals surface area contributed by atoms with Crippen molar-refractivity contribution in [2.45, 2.75) is 0 Å². The Bertz CT molecular complexity index is 577. The van der Waals surface area contributed by atoms with Gasteiger partial charge in [-0.2, -0.15) is 0 Å². The molecule has 3 rings (SSSR count). The van der Waals surface area contributed by atoms with Gasteiger partial charge in [-0.05, 0) is 35.0 Å². The van der Waals surface area contributed by atoms with Crippen LogP contribution in [-0.4, -0.2) is 19.0 Å². The lowest BCUT2D eigenvalue weighted by molar-refractivity contribution is 0.348. The average molecular weight is 276 g/mol. The molecule has 0 spiro atoms. The van der Waals surface area contributed by atoms with Gasteiger partial charge in [-0.25, -0.2) is 4.99 Å². The van der Waals surface area contributed by atoms with Gasteiger partial charge in [-0.15, -0.1) is 0 Å². The normalized spacial score (nSPS) is 14.9. The highest BCUT2D eigenvalue weighted by molar-refractivity contribution is 9.10. The molecular weight excluding hydrogens is 266 g/mol. The van der Waals surface area contributed by atoms with Gasteiger partial charge in [-0.3, -0.25) is 0 Å². The molecule has 0 unspecified atom stereocenters. The predicted molar refractivity (Wildman–Crippen MR) is 69.0 cm³/mol. The van der Waals surface area contributed by atoms with Crippen LogP contribution in [0.5, 0.6) is 0 Å². The maximum atomic E-state index is 5.45. The number of ether oxygens (including phenoxy) is 1. The van der Waals surface area contributed by atoms with Gasteiger partial charge >= 0.3 is 0 Å². The van der Waals surface area contributed by atoms with Crippen molar-refractivity contribution in [1.82, 2.24) is 0 Å². The maximum absolute atomic E-state index is 5.45. The van der Waals surface area contributed by atoms with E-state index in [4.69, 9.17) is 4.74 Å². The second-order valence-electron chi connectivity index (χ2n) is 3.74. The molecule has 0 atom stereocenters. The van der Waals surface area contributed by atoms with Crippen molar-refractivity contribution in [3.63, 3.8) is 0 Å². The van der Waals surface area contributed by atoms with Gasteiger partial charge in [0.05, 0.1) is 6.54 Å². The first kappa shape index (κ1) is 9.85. The molecule has 0 amide bonds. The van der Waals surface area contributed by atoms with Gasteiger partial charge in [0.2, 0.25) is 5.90 Å². The minimum Gasteiger partial charge on any atom is -0.476 e. The van der Waals surface area contributed by atoms with E-state index in [1.165, 1.54) is 10.8 Å². The monoisotopic (exact) mass is 275 g/mol. The smallest absolute Gasteiger partial charge is 0.216 e. The lowest BCUT2D eigenvalue weighted by atomic mass is 10.1. The Morgan fingerprint density at radius 3 is 2.69 bits per heavy atom. The molecule has 0 fully saturated rings. The molecule has 0 bridgehead atoms. The van der Waals surface area contributed by atoms with E-state index < -0.39 is 0 Å². The van der Waals surface area contributed by atoms with Gasteiger partial charge in [0.15, 0.2) is 0 Å². The summed E-state index contributed by atoms with van der Waals surface area (Å²) in [5.41, 5.74) is 1.06. The molecule has 2 aromatic carbocycles. The van der Waals surface area contributed by atoms with Crippen molar-refractivity contribution in [2.24, 2.45) is 4.99 Å². The highest BCUT2D eigenvalue weighted by Gasteiger charge is 2.10. The van der Waals surface area contributed by atoms with Gasteiger partial charge in [0.1, 0.15) is 6.61 Å². The molecule has 1 aliphatic rings. The molecule has 0 radical (unpaired) electrons. The highest BCUT2D eigenvalue weighted by atomic mass is 79.9. The standard InChI is InChI=1S/C13H10BrNO/c14-12-4-3-9-7-11(2-1-10(9)8-12)13-15-5-6-16-13/h1-4,7-8H,5-6H2. The van der Waals surface area contributed by atoms with E-state index >= 15 is 0 Å². The molecule has 0 saturated carbocycles. The lowest BCUT2D eigenvalue weighted by Crippen LogP contribution is -2.00. The Balaban J connectivity index is 2.12. The largest absolute Gasteiger partial charge is 0.476 e. The Morgan fingerprint density at radius 1 is 1.06 bits per heavy atom. The van der Waals surface area contributed by atoms with Crippen molar-refractivity contribution in [1.29, 1.82) is 0 Å². The summed E-state index contributed by atoms with van der Waals surface area (Å²) < 4.78 is 6.55. The molecule has 2 aromatic rings. The van der Waals surface area contributed by atoms with Crippen LogP contribution in [-0.2, 0) is 4.74 Å². The van der Waals surface area contributed by atoms with E-state index in [-0.39, 0.29) is 0 Å². The molecule has 0 aromatic heterocycles. The fourth-order valence-corrected chi connectivity index (χ4v) is 2.24. The van der Waals surface area contributed by atoms with Crippen LogP contribution in [0.25, 0.3) is 10.8 Å². The lowest BCUT2D eigenvalue weighted by Gasteiger charge is -2.04. The minimum atomic E-state index is 0.702. The first-order chi connectivity index (χ1) is 7.83. The third kappa shape index (κ3) is 1.71. The number of fused-ring (bicyclic) bond motifs is 1. The Labute approximate surface area is 102 Å². The molecule has 0 aliphatic carbocycles. The Morgan fingerprint density at radius 2 is 1.88 bits per heavy atom. The predicted octanol–water partition coefficient (Wildman–Crippen LogP) is 3.38. The average Bonchev–Trinajstić information content (AvgIpc) is 2.82. The number of nitrogens with zero attached hydrogens (tertiary/aromatic N) is 1. The third-order valence-electron chi connectivity index (χ3n) is 2.63. The number of hydrogen-bond acceptors (Lipinski definition) is 2. The number of aliphatic imine (C=N–C) groups is 1. The first-order valence-electron chi connectivity index (χ1n) is 5.20. The SMILES string of the molecule is Brc1ccc2cc(C3=NCCO3)ccc2c1. The minimum absolute atomic E-state index is 0.702. The van der Waals surface area contributed by atoms with E-state index in [1.54, 1.807) is 0 Å². The third-order valence-corrected chi connectivity index (χ3v) is 3.13. The van der Waals surface area contributed by atoms with Crippen molar-refractivity contribution in [3.05, 3.63) is 46.4 Å². The molecule has 2 nitrogen and oxygen atoms in total. The van der Waals surface area contributed by atoms with E-state index in [1.807, 2.05) is 6.07 Å². The summed E-state index contributed by atoms with van der Waals surface area (Å²) in [6.45, 7) is 1.47. The number of hydrogen-bond donors (Lipinski definition) is 0. The molecule has 3 heteroatoms. The number of halogens is 1. The van der Waals surface area contributed by atoms with Crippen molar-refractivity contribution >= 4 is 32.6 Å². The summed E-state index contributed by atoms with van der Waals surface area (Å²) in [5, 5.41) is 2.43. The highest BCUT2D eigenvalue weighted by Crippen LogP contribution is 2.21. The molecule has 1 heterocycles. The van der Waals surface area contributed by atoms with Crippen LogP contribution < -0.4 is 0 Å². The van der Waals surface area contributed by atoms with Crippen molar-refractivity contribution in [3.8, 4) is 0 Å².